The topological polar surface area (TPSA) is 66.5 Å². The van der Waals surface area contributed by atoms with Crippen molar-refractivity contribution in [3.63, 3.8) is 0 Å². The van der Waals surface area contributed by atoms with Crippen LogP contribution in [0.5, 0.6) is 11.5 Å². The molecule has 3 aromatic rings. The molecule has 2 N–H and O–H groups in total. The molecule has 0 spiro atoms. The zero-order valence-corrected chi connectivity index (χ0v) is 18.7. The van der Waals surface area contributed by atoms with Crippen molar-refractivity contribution in [2.45, 2.75) is 19.0 Å². The lowest BCUT2D eigenvalue weighted by atomic mass is 10.2. The first-order valence-electron chi connectivity index (χ1n) is 10.6. The Kier molecular flexibility index (Phi) is 6.97. The maximum Gasteiger partial charge on any atom is 0.416 e. The number of hydrogen-bond acceptors (Lipinski definition) is 4. The highest BCUT2D eigenvalue weighted by Gasteiger charge is 2.30. The Morgan fingerprint density at radius 1 is 0.941 bits per heavy atom. The Hall–Kier alpha value is -3.66. The molecule has 176 valence electrons. The molecule has 2 aromatic carbocycles. The second-order valence-corrected chi connectivity index (χ2v) is 8.07. The molecule has 0 atom stereocenters. The van der Waals surface area contributed by atoms with Gasteiger partial charge in [0.15, 0.2) is 5.11 Å². The summed E-state index contributed by atoms with van der Waals surface area (Å²) in [6, 6.07) is 14.9. The summed E-state index contributed by atoms with van der Waals surface area (Å²) in [7, 11) is 0. The largest absolute Gasteiger partial charge is 0.457 e. The number of carbonyl (C=O) groups excluding carboxylic acids is 1. The van der Waals surface area contributed by atoms with E-state index in [4.69, 9.17) is 17.0 Å². The van der Waals surface area contributed by atoms with Gasteiger partial charge in [-0.25, -0.2) is 0 Å². The molecule has 1 fully saturated rings. The normalized spacial score (nSPS) is 13.4. The van der Waals surface area contributed by atoms with Crippen molar-refractivity contribution in [1.82, 2.24) is 9.88 Å². The number of amides is 1. The molecule has 10 heteroatoms. The van der Waals surface area contributed by atoms with Crippen LogP contribution in [0.2, 0.25) is 0 Å². The number of carbonyl (C=O) groups is 1. The predicted molar refractivity (Wildman–Crippen MR) is 127 cm³/mol. The number of alkyl halides is 3. The number of halogens is 3. The smallest absolute Gasteiger partial charge is 0.416 e. The second kappa shape index (κ2) is 10.1. The number of thiocarbonyl (C=S) groups is 1. The highest BCUT2D eigenvalue weighted by molar-refractivity contribution is 7.80. The third-order valence-corrected chi connectivity index (χ3v) is 5.34. The van der Waals surface area contributed by atoms with Gasteiger partial charge >= 0.3 is 6.18 Å². The van der Waals surface area contributed by atoms with E-state index in [1.165, 1.54) is 18.3 Å². The molecule has 4 rings (SSSR count). The van der Waals surface area contributed by atoms with Gasteiger partial charge in [0, 0.05) is 36.7 Å². The number of likely N-dealkylation sites (tertiary alicyclic amines) is 1. The molecule has 34 heavy (non-hydrogen) atoms. The third kappa shape index (κ3) is 6.02. The van der Waals surface area contributed by atoms with Crippen LogP contribution in [0.15, 0.2) is 66.9 Å². The lowest BCUT2D eigenvalue weighted by Gasteiger charge is -2.15. The molecule has 0 radical (unpaired) electrons. The number of benzene rings is 2. The zero-order valence-electron chi connectivity index (χ0n) is 17.9. The second-order valence-electron chi connectivity index (χ2n) is 7.66. The quantitative estimate of drug-likeness (QED) is 0.436. The molecule has 0 bridgehead atoms. The fourth-order valence-corrected chi connectivity index (χ4v) is 3.72. The molecular weight excluding hydrogens is 465 g/mol. The van der Waals surface area contributed by atoms with Crippen LogP contribution in [-0.4, -0.2) is 34.0 Å². The van der Waals surface area contributed by atoms with Crippen molar-refractivity contribution in [2.75, 3.05) is 23.7 Å². The minimum atomic E-state index is -4.43. The van der Waals surface area contributed by atoms with E-state index in [-0.39, 0.29) is 16.7 Å². The summed E-state index contributed by atoms with van der Waals surface area (Å²) >= 11 is 5.20. The summed E-state index contributed by atoms with van der Waals surface area (Å²) in [5.74, 6) is 0.914. The molecular formula is C24H21F3N4O2S. The molecule has 6 nitrogen and oxygen atoms in total. The lowest BCUT2D eigenvalue weighted by molar-refractivity contribution is -0.137. The first-order chi connectivity index (χ1) is 16.3. The highest BCUT2D eigenvalue weighted by atomic mass is 32.1. The van der Waals surface area contributed by atoms with Gasteiger partial charge in [-0.2, -0.15) is 13.2 Å². The molecule has 1 aliphatic heterocycles. The van der Waals surface area contributed by atoms with Crippen LogP contribution in [0, 0.1) is 0 Å². The van der Waals surface area contributed by atoms with Gasteiger partial charge in [0.1, 0.15) is 17.2 Å². The van der Waals surface area contributed by atoms with E-state index in [1.54, 1.807) is 41.3 Å². The minimum Gasteiger partial charge on any atom is -0.457 e. The minimum absolute atomic E-state index is 0.107. The van der Waals surface area contributed by atoms with Crippen LogP contribution in [0.3, 0.4) is 0 Å². The van der Waals surface area contributed by atoms with Gasteiger partial charge in [-0.15, -0.1) is 0 Å². The number of nitrogens with one attached hydrogen (secondary N) is 2. The van der Waals surface area contributed by atoms with Crippen LogP contribution in [0.25, 0.3) is 0 Å². The summed E-state index contributed by atoms with van der Waals surface area (Å²) in [4.78, 5) is 18.5. The highest BCUT2D eigenvalue weighted by Crippen LogP contribution is 2.31. The Morgan fingerprint density at radius 3 is 2.35 bits per heavy atom. The van der Waals surface area contributed by atoms with E-state index in [0.29, 0.717) is 22.9 Å². The molecule has 1 saturated heterocycles. The van der Waals surface area contributed by atoms with Gasteiger partial charge in [-0.05, 0) is 73.6 Å². The number of anilines is 2. The van der Waals surface area contributed by atoms with Crippen molar-refractivity contribution in [3.8, 4) is 11.5 Å². The van der Waals surface area contributed by atoms with Gasteiger partial charge in [-0.1, -0.05) is 6.07 Å². The van der Waals surface area contributed by atoms with E-state index in [0.717, 1.165) is 38.1 Å². The van der Waals surface area contributed by atoms with Gasteiger partial charge in [-0.3, -0.25) is 9.78 Å². The van der Waals surface area contributed by atoms with E-state index >= 15 is 0 Å². The van der Waals surface area contributed by atoms with Gasteiger partial charge in [0.25, 0.3) is 5.91 Å². The average molecular weight is 487 g/mol. The van der Waals surface area contributed by atoms with Crippen LogP contribution in [0.4, 0.5) is 24.5 Å². The summed E-state index contributed by atoms with van der Waals surface area (Å²) in [6.45, 7) is 1.48. The molecule has 1 aromatic heterocycles. The maximum absolute atomic E-state index is 12.9. The molecule has 1 aliphatic rings. The Balaban J connectivity index is 1.35. The van der Waals surface area contributed by atoms with E-state index in [2.05, 4.69) is 15.6 Å². The van der Waals surface area contributed by atoms with Gasteiger partial charge in [0.05, 0.1) is 5.56 Å². The van der Waals surface area contributed by atoms with Crippen molar-refractivity contribution in [3.05, 3.63) is 78.1 Å². The Morgan fingerprint density at radius 2 is 1.65 bits per heavy atom. The van der Waals surface area contributed by atoms with Gasteiger partial charge < -0.3 is 20.3 Å². The van der Waals surface area contributed by atoms with Gasteiger partial charge in [0.2, 0.25) is 0 Å². The maximum atomic E-state index is 12.9. The van der Waals surface area contributed by atoms with Crippen LogP contribution in [0.1, 0.15) is 28.9 Å². The summed E-state index contributed by atoms with van der Waals surface area (Å²) in [5.41, 5.74) is 0.424. The molecule has 0 aliphatic carbocycles. The molecule has 0 saturated carbocycles. The standard InChI is InChI=1S/C24H21F3N4O2S/c25-24(26,27)16-4-3-5-18(14-16)30-23(34)29-17-6-8-19(9-7-17)33-20-10-11-28-21(15-20)22(32)31-12-1-2-13-31/h3-11,14-15H,1-2,12-13H2,(H2,29,30,34). The Labute approximate surface area is 199 Å². The van der Waals surface area contributed by atoms with Crippen LogP contribution in [-0.2, 0) is 6.18 Å². The molecule has 1 amide bonds. The monoisotopic (exact) mass is 486 g/mol. The van der Waals surface area contributed by atoms with Crippen LogP contribution < -0.4 is 15.4 Å². The first kappa shape index (κ1) is 23.5. The average Bonchev–Trinajstić information content (AvgIpc) is 3.35. The number of hydrogen-bond donors (Lipinski definition) is 2. The van der Waals surface area contributed by atoms with Crippen molar-refractivity contribution < 1.29 is 22.7 Å². The van der Waals surface area contributed by atoms with E-state index in [9.17, 15) is 18.0 Å². The van der Waals surface area contributed by atoms with E-state index in [1.807, 2.05) is 0 Å². The van der Waals surface area contributed by atoms with Crippen LogP contribution >= 0.6 is 12.2 Å². The fourth-order valence-electron chi connectivity index (χ4n) is 3.48. The zero-order chi connectivity index (χ0) is 24.1. The molecule has 2 heterocycles. The third-order valence-electron chi connectivity index (χ3n) is 5.14. The number of ether oxygens (including phenoxy) is 1. The summed E-state index contributed by atoms with van der Waals surface area (Å²) in [5, 5.41) is 5.81. The van der Waals surface area contributed by atoms with Crippen molar-refractivity contribution in [1.29, 1.82) is 0 Å². The SMILES string of the molecule is O=C(c1cc(Oc2ccc(NC(=S)Nc3cccc(C(F)(F)F)c3)cc2)ccn1)N1CCCC1. The summed E-state index contributed by atoms with van der Waals surface area (Å²) in [6.07, 6.45) is -0.894. The Bertz CT molecular complexity index is 1180. The van der Waals surface area contributed by atoms with E-state index < -0.39 is 11.7 Å². The number of rotatable bonds is 5. The lowest BCUT2D eigenvalue weighted by Crippen LogP contribution is -2.28. The number of aromatic nitrogens is 1. The number of nitrogens with zero attached hydrogens (tertiary/aromatic N) is 2. The summed E-state index contributed by atoms with van der Waals surface area (Å²) < 4.78 is 44.4. The molecule has 0 unspecified atom stereocenters. The van der Waals surface area contributed by atoms with Crippen molar-refractivity contribution >= 4 is 34.6 Å². The first-order valence-corrected chi connectivity index (χ1v) is 11.0. The number of pyridine rings is 1. The fraction of sp³-hybridized carbons (Fsp3) is 0.208. The predicted octanol–water partition coefficient (Wildman–Crippen LogP) is 5.94. The van der Waals surface area contributed by atoms with Crippen molar-refractivity contribution in [2.24, 2.45) is 0 Å².